The summed E-state index contributed by atoms with van der Waals surface area (Å²) in [6, 6.07) is 6.92. The topological polar surface area (TPSA) is 124 Å². The van der Waals surface area contributed by atoms with Crippen molar-refractivity contribution in [1.29, 1.82) is 5.26 Å². The van der Waals surface area contributed by atoms with Crippen LogP contribution in [-0.4, -0.2) is 45.8 Å². The summed E-state index contributed by atoms with van der Waals surface area (Å²) < 4.78 is 20.6. The lowest BCUT2D eigenvalue weighted by Gasteiger charge is -2.12. The third-order valence-electron chi connectivity index (χ3n) is 5.30. The Hall–Kier alpha value is -3.84. The van der Waals surface area contributed by atoms with E-state index in [1.165, 1.54) is 38.7 Å². The van der Waals surface area contributed by atoms with Crippen LogP contribution in [0.15, 0.2) is 23.8 Å². The standard InChI is InChI=1S/C24H24N2O7S/c1-5-33-16-8-6-13(11-17(16)30-2)10-14(12-25)21(27)26-22-20(24(29)32-4)19-15(23(28)31-3)7-9-18(19)34-22/h6,8,10-11,15H,5,7,9H2,1-4H3,(H,26,27)/b14-10-/t15-/m0/s1. The number of carbonyl (C=O) groups excluding carboxylic acids is 3. The van der Waals surface area contributed by atoms with Gasteiger partial charge in [-0.05, 0) is 49.1 Å². The van der Waals surface area contributed by atoms with Gasteiger partial charge in [0.25, 0.3) is 5.91 Å². The molecule has 0 saturated heterocycles. The van der Waals surface area contributed by atoms with E-state index in [1.54, 1.807) is 18.2 Å². The Morgan fingerprint density at radius 1 is 1.21 bits per heavy atom. The number of benzene rings is 1. The maximum Gasteiger partial charge on any atom is 0.341 e. The highest BCUT2D eigenvalue weighted by atomic mass is 32.1. The quantitative estimate of drug-likeness (QED) is 0.342. The molecule has 1 aromatic heterocycles. The second-order valence-corrected chi connectivity index (χ2v) is 8.32. The molecule has 0 spiro atoms. The van der Waals surface area contributed by atoms with Gasteiger partial charge in [0.2, 0.25) is 0 Å². The highest BCUT2D eigenvalue weighted by molar-refractivity contribution is 7.17. The van der Waals surface area contributed by atoms with Crippen LogP contribution in [0.5, 0.6) is 11.5 Å². The molecule has 0 fully saturated rings. The van der Waals surface area contributed by atoms with E-state index >= 15 is 0 Å². The number of ether oxygens (including phenoxy) is 4. The fourth-order valence-corrected chi connectivity index (χ4v) is 5.03. The number of methoxy groups -OCH3 is 3. The molecule has 1 N–H and O–H groups in total. The number of amides is 1. The number of thiophene rings is 1. The van der Waals surface area contributed by atoms with Gasteiger partial charge in [0.15, 0.2) is 11.5 Å². The molecule has 0 unspecified atom stereocenters. The Morgan fingerprint density at radius 3 is 2.59 bits per heavy atom. The predicted molar refractivity (Wildman–Crippen MR) is 125 cm³/mol. The summed E-state index contributed by atoms with van der Waals surface area (Å²) in [5.41, 5.74) is 1.00. The molecule has 1 aliphatic carbocycles. The van der Waals surface area contributed by atoms with E-state index in [0.717, 1.165) is 4.88 Å². The Balaban J connectivity index is 1.94. The molecule has 1 aromatic carbocycles. The number of nitriles is 1. The normalized spacial score (nSPS) is 14.6. The summed E-state index contributed by atoms with van der Waals surface area (Å²) in [7, 11) is 4.00. The van der Waals surface area contributed by atoms with Crippen molar-refractivity contribution in [2.24, 2.45) is 0 Å². The number of nitrogens with zero attached hydrogens (tertiary/aromatic N) is 1. The fraction of sp³-hybridized carbons (Fsp3) is 0.333. The lowest BCUT2D eigenvalue weighted by molar-refractivity contribution is -0.142. The molecule has 3 rings (SSSR count). The number of esters is 2. The molecule has 10 heteroatoms. The summed E-state index contributed by atoms with van der Waals surface area (Å²) >= 11 is 1.19. The van der Waals surface area contributed by atoms with Crippen LogP contribution < -0.4 is 14.8 Å². The molecule has 1 atom stereocenters. The van der Waals surface area contributed by atoms with Crippen molar-refractivity contribution in [3.8, 4) is 17.6 Å². The molecule has 178 valence electrons. The largest absolute Gasteiger partial charge is 0.493 e. The molecule has 9 nitrogen and oxygen atoms in total. The second kappa shape index (κ2) is 10.9. The van der Waals surface area contributed by atoms with Crippen LogP contribution in [0.2, 0.25) is 0 Å². The first kappa shape index (κ1) is 24.8. The minimum Gasteiger partial charge on any atom is -0.493 e. The number of aryl methyl sites for hydroxylation is 1. The van der Waals surface area contributed by atoms with Gasteiger partial charge in [0, 0.05) is 4.88 Å². The number of hydrogen-bond donors (Lipinski definition) is 1. The van der Waals surface area contributed by atoms with Crippen LogP contribution in [0.25, 0.3) is 6.08 Å². The second-order valence-electron chi connectivity index (χ2n) is 7.22. The summed E-state index contributed by atoms with van der Waals surface area (Å²) in [4.78, 5) is 38.5. The van der Waals surface area contributed by atoms with Crippen LogP contribution in [0.3, 0.4) is 0 Å². The Morgan fingerprint density at radius 2 is 1.97 bits per heavy atom. The predicted octanol–water partition coefficient (Wildman–Crippen LogP) is 3.69. The monoisotopic (exact) mass is 484 g/mol. The van der Waals surface area contributed by atoms with Crippen molar-refractivity contribution in [3.63, 3.8) is 0 Å². The molecule has 34 heavy (non-hydrogen) atoms. The van der Waals surface area contributed by atoms with Gasteiger partial charge in [-0.25, -0.2) is 4.79 Å². The van der Waals surface area contributed by atoms with Crippen molar-refractivity contribution in [2.75, 3.05) is 33.3 Å². The summed E-state index contributed by atoms with van der Waals surface area (Å²) in [5.74, 6) is -1.44. The van der Waals surface area contributed by atoms with E-state index in [4.69, 9.17) is 18.9 Å². The lowest BCUT2D eigenvalue weighted by Crippen LogP contribution is -2.18. The summed E-state index contributed by atoms with van der Waals surface area (Å²) in [6.07, 6.45) is 2.48. The molecule has 0 bridgehead atoms. The third-order valence-corrected chi connectivity index (χ3v) is 6.48. The van der Waals surface area contributed by atoms with E-state index in [0.29, 0.717) is 42.1 Å². The van der Waals surface area contributed by atoms with Crippen LogP contribution in [-0.2, 0) is 25.5 Å². The van der Waals surface area contributed by atoms with Crippen molar-refractivity contribution < 1.29 is 33.3 Å². The smallest absolute Gasteiger partial charge is 0.341 e. The first-order valence-electron chi connectivity index (χ1n) is 10.4. The Bertz CT molecular complexity index is 1190. The van der Waals surface area contributed by atoms with Crippen LogP contribution in [0, 0.1) is 11.3 Å². The molecule has 0 aliphatic heterocycles. The van der Waals surface area contributed by atoms with Crippen LogP contribution in [0.1, 0.15) is 45.6 Å². The lowest BCUT2D eigenvalue weighted by atomic mass is 9.99. The van der Waals surface area contributed by atoms with Crippen LogP contribution >= 0.6 is 11.3 Å². The molecule has 1 aliphatic rings. The maximum absolute atomic E-state index is 12.9. The van der Waals surface area contributed by atoms with E-state index in [1.807, 2.05) is 13.0 Å². The van der Waals surface area contributed by atoms with Crippen LogP contribution in [0.4, 0.5) is 5.00 Å². The molecule has 0 radical (unpaired) electrons. The van der Waals surface area contributed by atoms with Gasteiger partial charge >= 0.3 is 11.9 Å². The van der Waals surface area contributed by atoms with Crippen molar-refractivity contribution in [3.05, 3.63) is 45.3 Å². The Labute approximate surface area is 200 Å². The average molecular weight is 485 g/mol. The average Bonchev–Trinajstić information content (AvgIpc) is 3.41. The van der Waals surface area contributed by atoms with Gasteiger partial charge in [-0.1, -0.05) is 6.07 Å². The zero-order chi connectivity index (χ0) is 24.8. The zero-order valence-corrected chi connectivity index (χ0v) is 20.0. The highest BCUT2D eigenvalue weighted by Crippen LogP contribution is 2.46. The van der Waals surface area contributed by atoms with Gasteiger partial charge in [0.1, 0.15) is 16.6 Å². The van der Waals surface area contributed by atoms with E-state index in [9.17, 15) is 19.6 Å². The SMILES string of the molecule is CCOc1ccc(/C=C(/C#N)C(=O)Nc2sc3c(c2C(=O)OC)[C@@H](C(=O)OC)CC3)cc1OC. The van der Waals surface area contributed by atoms with Gasteiger partial charge in [-0.3, -0.25) is 9.59 Å². The Kier molecular flexibility index (Phi) is 7.91. The first-order chi connectivity index (χ1) is 16.4. The van der Waals surface area contributed by atoms with Gasteiger partial charge in [-0.15, -0.1) is 11.3 Å². The highest BCUT2D eigenvalue weighted by Gasteiger charge is 2.38. The molecule has 2 aromatic rings. The summed E-state index contributed by atoms with van der Waals surface area (Å²) in [5, 5.41) is 12.5. The minimum atomic E-state index is -0.699. The number of rotatable bonds is 8. The van der Waals surface area contributed by atoms with Crippen molar-refractivity contribution in [1.82, 2.24) is 0 Å². The number of nitrogens with one attached hydrogen (secondary N) is 1. The number of hydrogen-bond acceptors (Lipinski definition) is 9. The first-order valence-corrected chi connectivity index (χ1v) is 11.3. The molecular formula is C24H24N2O7S. The third kappa shape index (κ3) is 4.89. The minimum absolute atomic E-state index is 0.115. The van der Waals surface area contributed by atoms with Gasteiger partial charge in [-0.2, -0.15) is 5.26 Å². The number of anilines is 1. The molecular weight excluding hydrogens is 460 g/mol. The van der Waals surface area contributed by atoms with E-state index < -0.39 is 23.8 Å². The fourth-order valence-electron chi connectivity index (χ4n) is 3.77. The molecule has 1 heterocycles. The molecule has 0 saturated carbocycles. The number of fused-ring (bicyclic) bond motifs is 1. The van der Waals surface area contributed by atoms with E-state index in [-0.39, 0.29) is 16.1 Å². The van der Waals surface area contributed by atoms with Crippen molar-refractivity contribution >= 4 is 40.3 Å². The molecule has 1 amide bonds. The summed E-state index contributed by atoms with van der Waals surface area (Å²) in [6.45, 7) is 2.31. The van der Waals surface area contributed by atoms with E-state index in [2.05, 4.69) is 5.32 Å². The van der Waals surface area contributed by atoms with Gasteiger partial charge in [0.05, 0.1) is 39.4 Å². The van der Waals surface area contributed by atoms with Crippen molar-refractivity contribution in [2.45, 2.75) is 25.7 Å². The van der Waals surface area contributed by atoms with Gasteiger partial charge < -0.3 is 24.3 Å². The maximum atomic E-state index is 12.9. The zero-order valence-electron chi connectivity index (χ0n) is 19.2. The number of carbonyl (C=O) groups is 3.